The number of ketones is 1. The molecule has 2 rings (SSSR count). The molecular weight excluding hydrogens is 280 g/mol. The maximum absolute atomic E-state index is 11.4. The van der Waals surface area contributed by atoms with Gasteiger partial charge in [-0.2, -0.15) is 10.2 Å². The summed E-state index contributed by atoms with van der Waals surface area (Å²) in [5.74, 6) is 0.613. The first-order valence-corrected chi connectivity index (χ1v) is 6.76. The molecule has 3 N–H and O–H groups in total. The van der Waals surface area contributed by atoms with Crippen molar-refractivity contribution in [1.82, 2.24) is 4.98 Å². The molecule has 0 saturated heterocycles. The fourth-order valence-electron chi connectivity index (χ4n) is 1.92. The molecule has 0 unspecified atom stereocenters. The number of rotatable bonds is 5. The number of Topliss-reactive ketones (excluding diaryl/α,β-unsaturated/α-hetero) is 1. The lowest BCUT2D eigenvalue weighted by atomic mass is 10.1. The molecule has 0 amide bonds. The monoisotopic (exact) mass is 296 g/mol. The molecule has 1 aromatic carbocycles. The van der Waals surface area contributed by atoms with Crippen molar-refractivity contribution < 1.29 is 9.53 Å². The lowest BCUT2D eigenvalue weighted by Gasteiger charge is -2.11. The lowest BCUT2D eigenvalue weighted by molar-refractivity contribution is 0.101. The molecule has 6 nitrogen and oxygen atoms in total. The lowest BCUT2D eigenvalue weighted by Crippen LogP contribution is -2.04. The Morgan fingerprint density at radius 1 is 1.45 bits per heavy atom. The average molecular weight is 296 g/mol. The van der Waals surface area contributed by atoms with Crippen LogP contribution in [0.3, 0.4) is 0 Å². The van der Waals surface area contributed by atoms with Gasteiger partial charge in [0.25, 0.3) is 0 Å². The second kappa shape index (κ2) is 6.59. The number of ether oxygens (including phenoxy) is 1. The predicted octanol–water partition coefficient (Wildman–Crippen LogP) is 2.88. The summed E-state index contributed by atoms with van der Waals surface area (Å²) in [4.78, 5) is 15.7. The molecule has 112 valence electrons. The maximum atomic E-state index is 11.4. The van der Waals surface area contributed by atoms with E-state index in [0.29, 0.717) is 23.7 Å². The van der Waals surface area contributed by atoms with Crippen LogP contribution in [0.1, 0.15) is 29.8 Å². The van der Waals surface area contributed by atoms with E-state index in [2.05, 4.69) is 10.3 Å². The first kappa shape index (κ1) is 15.3. The highest BCUT2D eigenvalue weighted by Gasteiger charge is 2.12. The molecule has 1 heterocycles. The Morgan fingerprint density at radius 3 is 2.86 bits per heavy atom. The fraction of sp³-hybridized carbons (Fsp3) is 0.188. The van der Waals surface area contributed by atoms with Gasteiger partial charge in [0.1, 0.15) is 17.5 Å². The standard InChI is InChI=1S/C16H16N4O2/c1-3-22-16-13(9-17)14(18)8-15(20-16)19-12-6-4-5-11(7-12)10(2)21/h4-8H,3H2,1-2H3,(H3,18,19,20). The number of hydrogen-bond donors (Lipinski definition) is 2. The molecular formula is C16H16N4O2. The van der Waals surface area contributed by atoms with E-state index in [1.54, 1.807) is 31.2 Å². The quantitative estimate of drug-likeness (QED) is 0.823. The molecule has 22 heavy (non-hydrogen) atoms. The Balaban J connectivity index is 2.36. The minimum Gasteiger partial charge on any atom is -0.477 e. The number of aromatic nitrogens is 1. The van der Waals surface area contributed by atoms with Crippen molar-refractivity contribution in [2.75, 3.05) is 17.7 Å². The number of nitrogens with two attached hydrogens (primary N) is 1. The van der Waals surface area contributed by atoms with Gasteiger partial charge in [-0.15, -0.1) is 0 Å². The number of nitrogens with one attached hydrogen (secondary N) is 1. The zero-order chi connectivity index (χ0) is 16.1. The molecule has 1 aromatic heterocycles. The number of benzene rings is 1. The summed E-state index contributed by atoms with van der Waals surface area (Å²) in [5.41, 5.74) is 7.65. The second-order valence-electron chi connectivity index (χ2n) is 4.58. The molecule has 0 saturated carbocycles. The van der Waals surface area contributed by atoms with Crippen LogP contribution in [0.15, 0.2) is 30.3 Å². The summed E-state index contributed by atoms with van der Waals surface area (Å²) >= 11 is 0. The van der Waals surface area contributed by atoms with E-state index >= 15 is 0 Å². The van der Waals surface area contributed by atoms with E-state index in [9.17, 15) is 4.79 Å². The third-order valence-electron chi connectivity index (χ3n) is 2.95. The largest absolute Gasteiger partial charge is 0.477 e. The van der Waals surface area contributed by atoms with Gasteiger partial charge in [0.05, 0.1) is 12.3 Å². The van der Waals surface area contributed by atoms with Gasteiger partial charge in [-0.3, -0.25) is 4.79 Å². The van der Waals surface area contributed by atoms with E-state index in [-0.39, 0.29) is 22.9 Å². The summed E-state index contributed by atoms with van der Waals surface area (Å²) in [6.07, 6.45) is 0. The van der Waals surface area contributed by atoms with Gasteiger partial charge >= 0.3 is 0 Å². The normalized spacial score (nSPS) is 9.86. The van der Waals surface area contributed by atoms with Gasteiger partial charge in [0, 0.05) is 17.3 Å². The van der Waals surface area contributed by atoms with Gasteiger partial charge in [-0.05, 0) is 26.0 Å². The van der Waals surface area contributed by atoms with Crippen molar-refractivity contribution >= 4 is 23.0 Å². The van der Waals surface area contributed by atoms with E-state index in [1.807, 2.05) is 12.1 Å². The number of anilines is 3. The van der Waals surface area contributed by atoms with Crippen molar-refractivity contribution in [3.8, 4) is 11.9 Å². The molecule has 2 aromatic rings. The Labute approximate surface area is 128 Å². The SMILES string of the molecule is CCOc1nc(Nc2cccc(C(C)=O)c2)cc(N)c1C#N. The highest BCUT2D eigenvalue weighted by atomic mass is 16.5. The summed E-state index contributed by atoms with van der Waals surface area (Å²) in [7, 11) is 0. The van der Waals surface area contributed by atoms with E-state index in [4.69, 9.17) is 15.7 Å². The summed E-state index contributed by atoms with van der Waals surface area (Å²) in [6.45, 7) is 3.68. The average Bonchev–Trinajstić information content (AvgIpc) is 2.47. The minimum absolute atomic E-state index is 0.0223. The van der Waals surface area contributed by atoms with Crippen LogP contribution >= 0.6 is 0 Å². The van der Waals surface area contributed by atoms with Crippen LogP contribution in [-0.4, -0.2) is 17.4 Å². The van der Waals surface area contributed by atoms with Gasteiger partial charge < -0.3 is 15.8 Å². The van der Waals surface area contributed by atoms with Crippen LogP contribution in [0.4, 0.5) is 17.2 Å². The molecule has 0 atom stereocenters. The van der Waals surface area contributed by atoms with Crippen molar-refractivity contribution in [2.45, 2.75) is 13.8 Å². The van der Waals surface area contributed by atoms with Crippen LogP contribution in [0, 0.1) is 11.3 Å². The van der Waals surface area contributed by atoms with Gasteiger partial charge in [-0.1, -0.05) is 12.1 Å². The summed E-state index contributed by atoms with van der Waals surface area (Å²) in [5, 5.41) is 12.2. The first-order valence-electron chi connectivity index (χ1n) is 6.76. The molecule has 0 fully saturated rings. The van der Waals surface area contributed by atoms with Crippen LogP contribution in [0.25, 0.3) is 0 Å². The van der Waals surface area contributed by atoms with Crippen molar-refractivity contribution in [3.63, 3.8) is 0 Å². The predicted molar refractivity (Wildman–Crippen MR) is 84.3 cm³/mol. The van der Waals surface area contributed by atoms with Crippen LogP contribution in [-0.2, 0) is 0 Å². The fourth-order valence-corrected chi connectivity index (χ4v) is 1.92. The van der Waals surface area contributed by atoms with Crippen molar-refractivity contribution in [1.29, 1.82) is 5.26 Å². The first-order chi connectivity index (χ1) is 10.5. The van der Waals surface area contributed by atoms with Crippen LogP contribution in [0.5, 0.6) is 5.88 Å². The number of hydrogen-bond acceptors (Lipinski definition) is 6. The molecule has 0 aliphatic heterocycles. The highest BCUT2D eigenvalue weighted by molar-refractivity contribution is 5.95. The van der Waals surface area contributed by atoms with E-state index in [1.165, 1.54) is 6.92 Å². The molecule has 0 spiro atoms. The minimum atomic E-state index is -0.0223. The number of nitrogen functional groups attached to an aromatic ring is 1. The van der Waals surface area contributed by atoms with Gasteiger partial charge in [0.2, 0.25) is 5.88 Å². The maximum Gasteiger partial charge on any atom is 0.235 e. The molecule has 0 bridgehead atoms. The topological polar surface area (TPSA) is 101 Å². The van der Waals surface area contributed by atoms with Gasteiger partial charge in [0.15, 0.2) is 5.78 Å². The summed E-state index contributed by atoms with van der Waals surface area (Å²) < 4.78 is 5.34. The van der Waals surface area contributed by atoms with E-state index < -0.39 is 0 Å². The Hall–Kier alpha value is -3.07. The number of pyridine rings is 1. The Kier molecular flexibility index (Phi) is 4.59. The molecule has 0 radical (unpaired) electrons. The number of nitriles is 1. The Morgan fingerprint density at radius 2 is 2.23 bits per heavy atom. The third kappa shape index (κ3) is 3.33. The molecule has 0 aliphatic rings. The van der Waals surface area contributed by atoms with Crippen molar-refractivity contribution in [2.24, 2.45) is 0 Å². The smallest absolute Gasteiger partial charge is 0.235 e. The van der Waals surface area contributed by atoms with E-state index in [0.717, 1.165) is 0 Å². The zero-order valence-corrected chi connectivity index (χ0v) is 12.4. The number of carbonyl (C=O) groups is 1. The second-order valence-corrected chi connectivity index (χ2v) is 4.58. The third-order valence-corrected chi connectivity index (χ3v) is 2.95. The highest BCUT2D eigenvalue weighted by Crippen LogP contribution is 2.27. The molecule has 0 aliphatic carbocycles. The zero-order valence-electron chi connectivity index (χ0n) is 12.4. The molecule has 6 heteroatoms. The van der Waals surface area contributed by atoms with Crippen LogP contribution in [0.2, 0.25) is 0 Å². The number of nitrogens with zero attached hydrogens (tertiary/aromatic N) is 2. The summed E-state index contributed by atoms with van der Waals surface area (Å²) in [6, 6.07) is 10.6. The van der Waals surface area contributed by atoms with Crippen molar-refractivity contribution in [3.05, 3.63) is 41.5 Å². The van der Waals surface area contributed by atoms with Crippen LogP contribution < -0.4 is 15.8 Å². The number of carbonyl (C=O) groups excluding carboxylic acids is 1. The Bertz CT molecular complexity index is 750. The van der Waals surface area contributed by atoms with Gasteiger partial charge in [-0.25, -0.2) is 0 Å².